The Labute approximate surface area is 184 Å². The van der Waals surface area contributed by atoms with Crippen molar-refractivity contribution in [3.8, 4) is 0 Å². The molecule has 2 aromatic carbocycles. The Morgan fingerprint density at radius 1 is 1.10 bits per heavy atom. The summed E-state index contributed by atoms with van der Waals surface area (Å²) in [5, 5.41) is 4.64. The molecule has 0 saturated carbocycles. The number of nitrogens with one attached hydrogen (secondary N) is 3. The third-order valence-corrected chi connectivity index (χ3v) is 6.09. The van der Waals surface area contributed by atoms with Crippen LogP contribution in [0.3, 0.4) is 0 Å². The maximum atomic E-state index is 12.5. The SMILES string of the molecule is Cc1nc(SCc2ccccc2)[nH]c(=O)c1CC(=O)NCCc1c[nH]c2ccccc12. The molecule has 0 atom stereocenters. The maximum Gasteiger partial charge on any atom is 0.255 e. The van der Waals surface area contributed by atoms with E-state index in [0.29, 0.717) is 23.0 Å². The van der Waals surface area contributed by atoms with Crippen molar-refractivity contribution in [1.82, 2.24) is 20.3 Å². The van der Waals surface area contributed by atoms with Crippen molar-refractivity contribution in [3.63, 3.8) is 0 Å². The standard InChI is InChI=1S/C24H24N4O2S/c1-16-20(23(30)28-24(27-16)31-15-17-7-3-2-4-8-17)13-22(29)25-12-11-18-14-26-21-10-6-5-9-19(18)21/h2-10,14,26H,11-13,15H2,1H3,(H,25,29)(H,27,28,30). The molecule has 7 heteroatoms. The third-order valence-electron chi connectivity index (χ3n) is 5.15. The van der Waals surface area contributed by atoms with Gasteiger partial charge in [0.15, 0.2) is 5.16 Å². The normalized spacial score (nSPS) is 11.0. The minimum absolute atomic E-state index is 0.0195. The second-order valence-electron chi connectivity index (χ2n) is 7.35. The number of aryl methyl sites for hydroxylation is 1. The van der Waals surface area contributed by atoms with E-state index < -0.39 is 0 Å². The average Bonchev–Trinajstić information content (AvgIpc) is 3.19. The molecule has 0 bridgehead atoms. The molecule has 1 amide bonds. The molecule has 0 aliphatic carbocycles. The van der Waals surface area contributed by atoms with Crippen LogP contribution in [0, 0.1) is 6.92 Å². The van der Waals surface area contributed by atoms with Crippen LogP contribution in [0.25, 0.3) is 10.9 Å². The van der Waals surface area contributed by atoms with E-state index in [9.17, 15) is 9.59 Å². The Morgan fingerprint density at radius 3 is 2.68 bits per heavy atom. The molecule has 0 fully saturated rings. The highest BCUT2D eigenvalue weighted by atomic mass is 32.2. The highest BCUT2D eigenvalue weighted by molar-refractivity contribution is 7.98. The largest absolute Gasteiger partial charge is 0.361 e. The topological polar surface area (TPSA) is 90.6 Å². The lowest BCUT2D eigenvalue weighted by atomic mass is 10.1. The van der Waals surface area contributed by atoms with Gasteiger partial charge in [-0.3, -0.25) is 9.59 Å². The number of fused-ring (bicyclic) bond motifs is 1. The van der Waals surface area contributed by atoms with E-state index in [1.807, 2.05) is 54.7 Å². The van der Waals surface area contributed by atoms with Gasteiger partial charge in [-0.25, -0.2) is 4.98 Å². The Morgan fingerprint density at radius 2 is 1.87 bits per heavy atom. The Hall–Kier alpha value is -3.32. The number of aromatic amines is 2. The maximum absolute atomic E-state index is 12.5. The van der Waals surface area contributed by atoms with Gasteiger partial charge in [0.25, 0.3) is 5.56 Å². The summed E-state index contributed by atoms with van der Waals surface area (Å²) >= 11 is 1.47. The summed E-state index contributed by atoms with van der Waals surface area (Å²) in [5.41, 5.74) is 4.15. The number of hydrogen-bond donors (Lipinski definition) is 3. The molecule has 0 aliphatic rings. The number of aromatic nitrogens is 3. The van der Waals surface area contributed by atoms with Crippen LogP contribution in [0.2, 0.25) is 0 Å². The van der Waals surface area contributed by atoms with Crippen molar-refractivity contribution >= 4 is 28.6 Å². The monoisotopic (exact) mass is 432 g/mol. The minimum atomic E-state index is -0.255. The summed E-state index contributed by atoms with van der Waals surface area (Å²) < 4.78 is 0. The summed E-state index contributed by atoms with van der Waals surface area (Å²) in [7, 11) is 0. The zero-order valence-electron chi connectivity index (χ0n) is 17.3. The molecule has 0 radical (unpaired) electrons. The van der Waals surface area contributed by atoms with Crippen LogP contribution in [0.1, 0.15) is 22.4 Å². The zero-order valence-corrected chi connectivity index (χ0v) is 18.1. The highest BCUT2D eigenvalue weighted by Gasteiger charge is 2.13. The van der Waals surface area contributed by atoms with Crippen LogP contribution in [-0.2, 0) is 23.4 Å². The number of rotatable bonds is 8. The van der Waals surface area contributed by atoms with Crippen molar-refractivity contribution in [3.05, 3.63) is 93.5 Å². The second-order valence-corrected chi connectivity index (χ2v) is 8.31. The van der Waals surface area contributed by atoms with Crippen LogP contribution in [0.5, 0.6) is 0 Å². The molecule has 158 valence electrons. The van der Waals surface area contributed by atoms with Gasteiger partial charge in [0, 0.05) is 40.7 Å². The Bertz CT molecular complexity index is 1250. The smallest absolute Gasteiger partial charge is 0.255 e. The van der Waals surface area contributed by atoms with Gasteiger partial charge in [-0.1, -0.05) is 60.3 Å². The number of benzene rings is 2. The lowest BCUT2D eigenvalue weighted by molar-refractivity contribution is -0.120. The summed E-state index contributed by atoms with van der Waals surface area (Å²) in [4.78, 5) is 35.4. The Kier molecular flexibility index (Phi) is 6.52. The molecule has 3 N–H and O–H groups in total. The van der Waals surface area contributed by atoms with E-state index in [1.165, 1.54) is 11.8 Å². The summed E-state index contributed by atoms with van der Waals surface area (Å²) in [5.74, 6) is 0.539. The number of nitrogens with zero attached hydrogens (tertiary/aromatic N) is 1. The molecule has 0 spiro atoms. The van der Waals surface area contributed by atoms with E-state index in [0.717, 1.165) is 34.2 Å². The first-order valence-electron chi connectivity index (χ1n) is 10.2. The lowest BCUT2D eigenvalue weighted by Gasteiger charge is -2.08. The molecular weight excluding hydrogens is 408 g/mol. The van der Waals surface area contributed by atoms with Crippen molar-refractivity contribution in [2.45, 2.75) is 30.7 Å². The molecule has 2 heterocycles. The first-order chi connectivity index (χ1) is 15.1. The summed E-state index contributed by atoms with van der Waals surface area (Å²) in [6, 6.07) is 18.1. The van der Waals surface area contributed by atoms with Crippen molar-refractivity contribution < 1.29 is 4.79 Å². The number of thioether (sulfide) groups is 1. The molecule has 4 aromatic rings. The average molecular weight is 433 g/mol. The van der Waals surface area contributed by atoms with Gasteiger partial charge in [-0.15, -0.1) is 0 Å². The van der Waals surface area contributed by atoms with Crippen molar-refractivity contribution in [2.75, 3.05) is 6.54 Å². The van der Waals surface area contributed by atoms with Gasteiger partial charge >= 0.3 is 0 Å². The van der Waals surface area contributed by atoms with Crippen molar-refractivity contribution in [2.24, 2.45) is 0 Å². The zero-order chi connectivity index (χ0) is 21.6. The first-order valence-corrected chi connectivity index (χ1v) is 11.2. The number of H-pyrrole nitrogens is 2. The fourth-order valence-corrected chi connectivity index (χ4v) is 4.35. The number of carbonyl (C=O) groups excluding carboxylic acids is 1. The van der Waals surface area contributed by atoms with Crippen LogP contribution in [-0.4, -0.2) is 27.4 Å². The number of amides is 1. The molecule has 4 rings (SSSR count). The number of carbonyl (C=O) groups is 1. The summed E-state index contributed by atoms with van der Waals surface area (Å²) in [6.45, 7) is 2.28. The van der Waals surface area contributed by atoms with E-state index >= 15 is 0 Å². The molecule has 0 unspecified atom stereocenters. The van der Waals surface area contributed by atoms with E-state index in [-0.39, 0.29) is 17.9 Å². The van der Waals surface area contributed by atoms with Crippen LogP contribution >= 0.6 is 11.8 Å². The quantitative estimate of drug-likeness (QED) is 0.292. The van der Waals surface area contributed by atoms with E-state index in [4.69, 9.17) is 0 Å². The number of hydrogen-bond acceptors (Lipinski definition) is 4. The molecular formula is C24H24N4O2S. The second kappa shape index (κ2) is 9.66. The van der Waals surface area contributed by atoms with E-state index in [1.54, 1.807) is 6.92 Å². The Balaban J connectivity index is 1.32. The predicted molar refractivity (Wildman–Crippen MR) is 124 cm³/mol. The number of para-hydroxylation sites is 1. The molecule has 2 aromatic heterocycles. The van der Waals surface area contributed by atoms with Gasteiger partial charge in [0.05, 0.1) is 6.42 Å². The minimum Gasteiger partial charge on any atom is -0.361 e. The molecule has 0 saturated heterocycles. The van der Waals surface area contributed by atoms with Crippen molar-refractivity contribution in [1.29, 1.82) is 0 Å². The van der Waals surface area contributed by atoms with E-state index in [2.05, 4.69) is 26.3 Å². The molecule has 0 aliphatic heterocycles. The predicted octanol–water partition coefficient (Wildman–Crippen LogP) is 3.75. The van der Waals surface area contributed by atoms with Gasteiger partial charge in [-0.05, 0) is 30.5 Å². The van der Waals surface area contributed by atoms with Crippen LogP contribution in [0.4, 0.5) is 0 Å². The first kappa shape index (κ1) is 20.9. The van der Waals surface area contributed by atoms with Gasteiger partial charge in [-0.2, -0.15) is 0 Å². The van der Waals surface area contributed by atoms with Gasteiger partial charge < -0.3 is 15.3 Å². The lowest BCUT2D eigenvalue weighted by Crippen LogP contribution is -2.30. The van der Waals surface area contributed by atoms with Gasteiger partial charge in [0.2, 0.25) is 5.91 Å². The summed E-state index contributed by atoms with van der Waals surface area (Å²) in [6.07, 6.45) is 2.71. The molecule has 31 heavy (non-hydrogen) atoms. The highest BCUT2D eigenvalue weighted by Crippen LogP contribution is 2.19. The third kappa shape index (κ3) is 5.24. The van der Waals surface area contributed by atoms with Gasteiger partial charge in [0.1, 0.15) is 0 Å². The molecule has 6 nitrogen and oxygen atoms in total. The fourth-order valence-electron chi connectivity index (χ4n) is 3.49. The fraction of sp³-hybridized carbons (Fsp3) is 0.208. The van der Waals surface area contributed by atoms with Crippen LogP contribution in [0.15, 0.2) is 70.7 Å². The van der Waals surface area contributed by atoms with Crippen LogP contribution < -0.4 is 10.9 Å².